The van der Waals surface area contributed by atoms with Crippen LogP contribution in [0.5, 0.6) is 0 Å². The number of amides is 2. The average molecular weight is 347 g/mol. The van der Waals surface area contributed by atoms with Crippen LogP contribution < -0.4 is 15.5 Å². The highest BCUT2D eigenvalue weighted by Crippen LogP contribution is 2.23. The molecule has 7 nitrogen and oxygen atoms in total. The van der Waals surface area contributed by atoms with Crippen molar-refractivity contribution in [1.29, 1.82) is 0 Å². The molecule has 0 aliphatic carbocycles. The van der Waals surface area contributed by atoms with Crippen molar-refractivity contribution in [1.82, 2.24) is 15.5 Å². The van der Waals surface area contributed by atoms with Crippen molar-refractivity contribution < 1.29 is 9.90 Å². The summed E-state index contributed by atoms with van der Waals surface area (Å²) in [6, 6.07) is 7.93. The Bertz CT molecular complexity index is 639. The van der Waals surface area contributed by atoms with Gasteiger partial charge in [0.25, 0.3) is 0 Å². The maximum atomic E-state index is 11.7. The monoisotopic (exact) mass is 347 g/mol. The van der Waals surface area contributed by atoms with Gasteiger partial charge in [-0.05, 0) is 36.5 Å². The Morgan fingerprint density at radius 3 is 2.67 bits per heavy atom. The second-order valence-corrected chi connectivity index (χ2v) is 6.66. The molecule has 0 spiro atoms. The molecule has 128 valence electrons. The number of hydrogen-bond acceptors (Lipinski definition) is 6. The fourth-order valence-electron chi connectivity index (χ4n) is 2.75. The Morgan fingerprint density at radius 2 is 2.04 bits per heavy atom. The number of carbonyl (C=O) groups excluding carboxylic acids is 1. The van der Waals surface area contributed by atoms with E-state index in [4.69, 9.17) is 0 Å². The zero-order valence-electron chi connectivity index (χ0n) is 13.3. The van der Waals surface area contributed by atoms with Crippen molar-refractivity contribution in [2.75, 3.05) is 29.9 Å². The molecule has 24 heavy (non-hydrogen) atoms. The average Bonchev–Trinajstić information content (AvgIpc) is 3.13. The molecule has 0 bridgehead atoms. The lowest BCUT2D eigenvalue weighted by Crippen LogP contribution is -2.34. The predicted octanol–water partition coefficient (Wildman–Crippen LogP) is 2.07. The van der Waals surface area contributed by atoms with Gasteiger partial charge in [-0.15, -0.1) is 10.2 Å². The number of nitrogens with one attached hydrogen (secondary N) is 2. The van der Waals surface area contributed by atoms with E-state index in [1.807, 2.05) is 12.1 Å². The summed E-state index contributed by atoms with van der Waals surface area (Å²) in [4.78, 5) is 14.1. The highest BCUT2D eigenvalue weighted by molar-refractivity contribution is 7.13. The third-order valence-electron chi connectivity index (χ3n) is 4.21. The van der Waals surface area contributed by atoms with E-state index in [1.54, 1.807) is 5.51 Å². The molecule has 2 amide bonds. The van der Waals surface area contributed by atoms with E-state index in [0.29, 0.717) is 17.6 Å². The lowest BCUT2D eigenvalue weighted by atomic mass is 9.97. The second-order valence-electron chi connectivity index (χ2n) is 5.83. The third kappa shape index (κ3) is 4.42. The lowest BCUT2D eigenvalue weighted by Gasteiger charge is -2.33. The van der Waals surface area contributed by atoms with E-state index in [-0.39, 0.29) is 12.6 Å². The number of aliphatic hydroxyl groups excluding tert-OH is 1. The minimum absolute atomic E-state index is 0.289. The van der Waals surface area contributed by atoms with Gasteiger partial charge < -0.3 is 15.3 Å². The van der Waals surface area contributed by atoms with Crippen molar-refractivity contribution in [2.45, 2.75) is 19.4 Å². The van der Waals surface area contributed by atoms with E-state index < -0.39 is 0 Å². The number of aromatic nitrogens is 2. The molecule has 3 N–H and O–H groups in total. The summed E-state index contributed by atoms with van der Waals surface area (Å²) in [6.45, 7) is 2.70. The number of piperidine rings is 1. The van der Waals surface area contributed by atoms with E-state index in [2.05, 4.69) is 37.9 Å². The molecule has 8 heteroatoms. The molecule has 1 saturated heterocycles. The molecule has 0 saturated carbocycles. The zero-order chi connectivity index (χ0) is 16.8. The van der Waals surface area contributed by atoms with Gasteiger partial charge in [-0.1, -0.05) is 23.5 Å². The molecule has 1 fully saturated rings. The van der Waals surface area contributed by atoms with Crippen molar-refractivity contribution in [2.24, 2.45) is 5.92 Å². The smallest absolute Gasteiger partial charge is 0.321 e. The normalized spacial score (nSPS) is 15.3. The highest BCUT2D eigenvalue weighted by atomic mass is 32.1. The fraction of sp³-hybridized carbons (Fsp3) is 0.438. The molecule has 2 heterocycles. The number of nitrogens with zero attached hydrogens (tertiary/aromatic N) is 3. The molecule has 1 aromatic carbocycles. The molecule has 1 aliphatic rings. The van der Waals surface area contributed by atoms with Gasteiger partial charge in [-0.3, -0.25) is 5.32 Å². The Kier molecular flexibility index (Phi) is 5.60. The summed E-state index contributed by atoms with van der Waals surface area (Å²) in [5.74, 6) is 0.441. The molecule has 0 radical (unpaired) electrons. The first-order chi connectivity index (χ1) is 11.7. The maximum Gasteiger partial charge on any atom is 0.321 e. The molecule has 1 aliphatic heterocycles. The third-order valence-corrected chi connectivity index (χ3v) is 4.81. The van der Waals surface area contributed by atoms with Crippen molar-refractivity contribution in [3.63, 3.8) is 0 Å². The first-order valence-electron chi connectivity index (χ1n) is 8.00. The number of carbonyl (C=O) groups is 1. The molecular formula is C16H21N5O2S. The van der Waals surface area contributed by atoms with Crippen molar-refractivity contribution in [3.8, 4) is 0 Å². The van der Waals surface area contributed by atoms with Crippen LogP contribution in [-0.4, -0.2) is 41.0 Å². The minimum Gasteiger partial charge on any atom is -0.396 e. The quantitative estimate of drug-likeness (QED) is 0.770. The summed E-state index contributed by atoms with van der Waals surface area (Å²) in [5, 5.41) is 22.5. The van der Waals surface area contributed by atoms with Crippen LogP contribution in [0.1, 0.15) is 18.4 Å². The first-order valence-corrected chi connectivity index (χ1v) is 8.88. The van der Waals surface area contributed by atoms with Gasteiger partial charge in [0.05, 0.1) is 0 Å². The Balaban J connectivity index is 1.47. The van der Waals surface area contributed by atoms with Gasteiger partial charge in [0.15, 0.2) is 0 Å². The van der Waals surface area contributed by atoms with E-state index in [1.165, 1.54) is 17.0 Å². The number of hydrogen-bond donors (Lipinski definition) is 3. The van der Waals surface area contributed by atoms with Crippen LogP contribution in [0.2, 0.25) is 0 Å². The SMILES string of the molecule is O=C(NCc1ccc(N2CCC(CO)CC2)cc1)Nc1nncs1. The van der Waals surface area contributed by atoms with E-state index in [9.17, 15) is 9.90 Å². The van der Waals surface area contributed by atoms with Crippen LogP contribution in [-0.2, 0) is 6.54 Å². The zero-order valence-corrected chi connectivity index (χ0v) is 14.1. The molecule has 0 unspecified atom stereocenters. The van der Waals surface area contributed by atoms with E-state index >= 15 is 0 Å². The van der Waals surface area contributed by atoms with Crippen molar-refractivity contribution >= 4 is 28.2 Å². The molecule has 3 rings (SSSR count). The van der Waals surface area contributed by atoms with Gasteiger partial charge in [0, 0.05) is 31.9 Å². The minimum atomic E-state index is -0.290. The fourth-order valence-corrected chi connectivity index (χ4v) is 3.19. The Hall–Kier alpha value is -2.19. The number of anilines is 2. The standard InChI is InChI=1S/C16H21N5O2S/c22-10-13-5-7-21(8-6-13)14-3-1-12(2-4-14)9-17-15(23)19-16-20-18-11-24-16/h1-4,11,13,22H,5-10H2,(H2,17,19,20,23). The van der Waals surface area contributed by atoms with Gasteiger partial charge in [-0.2, -0.15) is 0 Å². The van der Waals surface area contributed by atoms with E-state index in [0.717, 1.165) is 31.5 Å². The number of rotatable bonds is 5. The molecular weight excluding hydrogens is 326 g/mol. The number of urea groups is 1. The highest BCUT2D eigenvalue weighted by Gasteiger charge is 2.18. The summed E-state index contributed by atoms with van der Waals surface area (Å²) < 4.78 is 0. The second kappa shape index (κ2) is 8.07. The summed E-state index contributed by atoms with van der Waals surface area (Å²) in [5.41, 5.74) is 3.79. The Morgan fingerprint density at radius 1 is 1.29 bits per heavy atom. The number of aliphatic hydroxyl groups is 1. The Labute approximate surface area is 144 Å². The summed E-state index contributed by atoms with van der Waals surface area (Å²) in [7, 11) is 0. The molecule has 2 aromatic rings. The predicted molar refractivity (Wildman–Crippen MR) is 94.2 cm³/mol. The topological polar surface area (TPSA) is 90.4 Å². The maximum absolute atomic E-state index is 11.7. The van der Waals surface area contributed by atoms with Crippen LogP contribution in [0.25, 0.3) is 0 Å². The lowest BCUT2D eigenvalue weighted by molar-refractivity contribution is 0.203. The van der Waals surface area contributed by atoms with Gasteiger partial charge in [-0.25, -0.2) is 4.79 Å². The number of benzene rings is 1. The van der Waals surface area contributed by atoms with Gasteiger partial charge >= 0.3 is 6.03 Å². The van der Waals surface area contributed by atoms with Crippen LogP contribution in [0.3, 0.4) is 0 Å². The van der Waals surface area contributed by atoms with Gasteiger partial charge in [0.2, 0.25) is 5.13 Å². The first kappa shape index (κ1) is 16.7. The van der Waals surface area contributed by atoms with Gasteiger partial charge in [0.1, 0.15) is 5.51 Å². The summed E-state index contributed by atoms with van der Waals surface area (Å²) in [6.07, 6.45) is 2.07. The molecule has 1 aromatic heterocycles. The largest absolute Gasteiger partial charge is 0.396 e. The van der Waals surface area contributed by atoms with Crippen LogP contribution in [0, 0.1) is 5.92 Å². The van der Waals surface area contributed by atoms with Crippen molar-refractivity contribution in [3.05, 3.63) is 35.3 Å². The van der Waals surface area contributed by atoms with Crippen LogP contribution >= 0.6 is 11.3 Å². The summed E-state index contributed by atoms with van der Waals surface area (Å²) >= 11 is 1.28. The van der Waals surface area contributed by atoms with Crippen LogP contribution in [0.4, 0.5) is 15.6 Å². The molecule has 0 atom stereocenters. The van der Waals surface area contributed by atoms with Crippen LogP contribution in [0.15, 0.2) is 29.8 Å².